The van der Waals surface area contributed by atoms with Gasteiger partial charge in [0.2, 0.25) is 0 Å². The summed E-state index contributed by atoms with van der Waals surface area (Å²) in [6.45, 7) is 3.74. The molecule has 0 aliphatic heterocycles. The van der Waals surface area contributed by atoms with E-state index < -0.39 is 10.8 Å². The third-order valence-corrected chi connectivity index (χ3v) is 2.06. The highest BCUT2D eigenvalue weighted by atomic mass is 32.2. The predicted molar refractivity (Wildman–Crippen MR) is 50.3 cm³/mol. The summed E-state index contributed by atoms with van der Waals surface area (Å²) in [4.78, 5) is 4.11. The molecule has 0 radical (unpaired) electrons. The topological polar surface area (TPSA) is 55.4 Å². The zero-order valence-corrected chi connectivity index (χ0v) is 8.15. The van der Waals surface area contributed by atoms with Crippen LogP contribution in [0, 0.1) is 0 Å². The number of aliphatic imine (C=N–C) groups is 1. The molecule has 0 aliphatic rings. The number of amidine groups is 1. The minimum Gasteiger partial charge on any atom is -0.388 e. The standard InChI is InChI=1S/C7H16N2OS/c1-6(9-7(2)8)4-5-11(3)10/h6H,4-5H2,1-3H3,(H2,8,9). The summed E-state index contributed by atoms with van der Waals surface area (Å²) in [6, 6.07) is 0.198. The largest absolute Gasteiger partial charge is 0.388 e. The maximum Gasteiger partial charge on any atom is 0.0908 e. The Morgan fingerprint density at radius 1 is 1.73 bits per heavy atom. The zero-order valence-electron chi connectivity index (χ0n) is 7.33. The second kappa shape index (κ2) is 5.29. The Morgan fingerprint density at radius 2 is 2.27 bits per heavy atom. The maximum absolute atomic E-state index is 10.7. The van der Waals surface area contributed by atoms with Gasteiger partial charge in [-0.15, -0.1) is 0 Å². The summed E-state index contributed by atoms with van der Waals surface area (Å²) in [5.41, 5.74) is 5.37. The number of nitrogens with zero attached hydrogens (tertiary/aromatic N) is 1. The van der Waals surface area contributed by atoms with Gasteiger partial charge in [0.15, 0.2) is 0 Å². The lowest BCUT2D eigenvalue weighted by Crippen LogP contribution is -2.12. The summed E-state index contributed by atoms with van der Waals surface area (Å²) in [5, 5.41) is 0. The lowest BCUT2D eigenvalue weighted by molar-refractivity contribution is 0.671. The number of rotatable bonds is 4. The van der Waals surface area contributed by atoms with Crippen molar-refractivity contribution in [1.82, 2.24) is 0 Å². The first-order valence-corrected chi connectivity index (χ1v) is 5.35. The van der Waals surface area contributed by atoms with Crippen molar-refractivity contribution in [3.8, 4) is 0 Å². The molecular weight excluding hydrogens is 160 g/mol. The molecule has 0 amide bonds. The minimum atomic E-state index is -0.711. The number of nitrogens with two attached hydrogens (primary N) is 1. The van der Waals surface area contributed by atoms with Crippen molar-refractivity contribution in [1.29, 1.82) is 0 Å². The van der Waals surface area contributed by atoms with E-state index in [4.69, 9.17) is 5.73 Å². The number of hydrogen-bond donors (Lipinski definition) is 1. The Kier molecular flexibility index (Phi) is 5.11. The van der Waals surface area contributed by atoms with Gasteiger partial charge in [-0.3, -0.25) is 9.20 Å². The molecule has 0 aromatic carbocycles. The van der Waals surface area contributed by atoms with Crippen LogP contribution >= 0.6 is 0 Å². The molecule has 4 heteroatoms. The summed E-state index contributed by atoms with van der Waals surface area (Å²) in [6.07, 6.45) is 2.55. The van der Waals surface area contributed by atoms with E-state index in [-0.39, 0.29) is 6.04 Å². The van der Waals surface area contributed by atoms with Gasteiger partial charge in [-0.25, -0.2) is 0 Å². The molecule has 2 atom stereocenters. The zero-order chi connectivity index (χ0) is 8.85. The van der Waals surface area contributed by atoms with E-state index in [1.54, 1.807) is 13.2 Å². The Labute approximate surface area is 70.5 Å². The van der Waals surface area contributed by atoms with Gasteiger partial charge in [-0.05, 0) is 20.3 Å². The summed E-state index contributed by atoms with van der Waals surface area (Å²) in [5.74, 6) is 1.30. The summed E-state index contributed by atoms with van der Waals surface area (Å²) in [7, 11) is -0.711. The van der Waals surface area contributed by atoms with E-state index in [2.05, 4.69) is 4.99 Å². The minimum absolute atomic E-state index is 0.198. The van der Waals surface area contributed by atoms with E-state index in [0.717, 1.165) is 6.42 Å². The molecule has 0 aromatic heterocycles. The molecule has 66 valence electrons. The fourth-order valence-corrected chi connectivity index (χ4v) is 1.42. The van der Waals surface area contributed by atoms with Crippen LogP contribution < -0.4 is 5.73 Å². The van der Waals surface area contributed by atoms with Gasteiger partial charge in [0.1, 0.15) is 0 Å². The van der Waals surface area contributed by atoms with Gasteiger partial charge in [0.05, 0.1) is 5.84 Å². The van der Waals surface area contributed by atoms with E-state index in [9.17, 15) is 4.21 Å². The third-order valence-electron chi connectivity index (χ3n) is 1.25. The summed E-state index contributed by atoms with van der Waals surface area (Å²) >= 11 is 0. The highest BCUT2D eigenvalue weighted by Gasteiger charge is 1.99. The Bertz CT molecular complexity index is 164. The highest BCUT2D eigenvalue weighted by Crippen LogP contribution is 1.97. The molecule has 0 fully saturated rings. The second-order valence-electron chi connectivity index (χ2n) is 2.69. The molecule has 0 rings (SSSR count). The quantitative estimate of drug-likeness (QED) is 0.501. The molecule has 0 saturated heterocycles. The molecule has 0 aromatic rings. The first-order valence-electron chi connectivity index (χ1n) is 3.62. The van der Waals surface area contributed by atoms with Crippen molar-refractivity contribution >= 4 is 16.6 Å². The van der Waals surface area contributed by atoms with Crippen LogP contribution in [0.3, 0.4) is 0 Å². The smallest absolute Gasteiger partial charge is 0.0908 e. The fraction of sp³-hybridized carbons (Fsp3) is 0.857. The molecule has 11 heavy (non-hydrogen) atoms. The normalized spacial score (nSPS) is 17.9. The first-order chi connectivity index (χ1) is 5.02. The van der Waals surface area contributed by atoms with Crippen molar-refractivity contribution < 1.29 is 4.21 Å². The second-order valence-corrected chi connectivity index (χ2v) is 4.24. The molecule has 0 spiro atoms. The van der Waals surface area contributed by atoms with Crippen molar-refractivity contribution in [3.63, 3.8) is 0 Å². The maximum atomic E-state index is 10.7. The first kappa shape index (κ1) is 10.6. The monoisotopic (exact) mass is 176 g/mol. The van der Waals surface area contributed by atoms with E-state index in [0.29, 0.717) is 11.6 Å². The van der Waals surface area contributed by atoms with Gasteiger partial charge in [-0.1, -0.05) is 0 Å². The van der Waals surface area contributed by atoms with Crippen LogP contribution in [-0.4, -0.2) is 28.1 Å². The fourth-order valence-electron chi connectivity index (χ4n) is 0.749. The molecule has 0 aliphatic carbocycles. The number of hydrogen-bond acceptors (Lipinski definition) is 2. The molecule has 2 unspecified atom stereocenters. The lowest BCUT2D eigenvalue weighted by Gasteiger charge is -2.04. The average Bonchev–Trinajstić information content (AvgIpc) is 1.82. The molecule has 0 saturated carbocycles. The van der Waals surface area contributed by atoms with Gasteiger partial charge in [0, 0.05) is 28.9 Å². The van der Waals surface area contributed by atoms with E-state index in [1.807, 2.05) is 6.92 Å². The SMILES string of the molecule is CC(N)=NC(C)CCS(C)=O. The molecule has 0 heterocycles. The Balaban J connectivity index is 3.61. The summed E-state index contributed by atoms with van der Waals surface area (Å²) < 4.78 is 10.7. The molecule has 2 N–H and O–H groups in total. The van der Waals surface area contributed by atoms with Crippen LogP contribution in [0.4, 0.5) is 0 Å². The Hall–Kier alpha value is -0.380. The Morgan fingerprint density at radius 3 is 2.64 bits per heavy atom. The van der Waals surface area contributed by atoms with Gasteiger partial charge >= 0.3 is 0 Å². The van der Waals surface area contributed by atoms with E-state index >= 15 is 0 Å². The van der Waals surface area contributed by atoms with Crippen LogP contribution in [0.2, 0.25) is 0 Å². The van der Waals surface area contributed by atoms with Gasteiger partial charge in [0.25, 0.3) is 0 Å². The van der Waals surface area contributed by atoms with Crippen molar-refractivity contribution in [2.75, 3.05) is 12.0 Å². The van der Waals surface area contributed by atoms with Crippen LogP contribution in [0.1, 0.15) is 20.3 Å². The average molecular weight is 176 g/mol. The van der Waals surface area contributed by atoms with E-state index in [1.165, 1.54) is 0 Å². The molecule has 3 nitrogen and oxygen atoms in total. The van der Waals surface area contributed by atoms with Gasteiger partial charge in [-0.2, -0.15) is 0 Å². The molecule has 0 bridgehead atoms. The van der Waals surface area contributed by atoms with Gasteiger partial charge < -0.3 is 5.73 Å². The van der Waals surface area contributed by atoms with Crippen molar-refractivity contribution in [3.05, 3.63) is 0 Å². The van der Waals surface area contributed by atoms with Crippen molar-refractivity contribution in [2.45, 2.75) is 26.3 Å². The molecular formula is C7H16N2OS. The van der Waals surface area contributed by atoms with Crippen molar-refractivity contribution in [2.24, 2.45) is 10.7 Å². The van der Waals surface area contributed by atoms with Crippen LogP contribution in [0.5, 0.6) is 0 Å². The van der Waals surface area contributed by atoms with Crippen LogP contribution in [-0.2, 0) is 10.8 Å². The van der Waals surface area contributed by atoms with Crippen LogP contribution in [0.25, 0.3) is 0 Å². The lowest BCUT2D eigenvalue weighted by atomic mass is 10.3. The van der Waals surface area contributed by atoms with Crippen LogP contribution in [0.15, 0.2) is 4.99 Å². The highest BCUT2D eigenvalue weighted by molar-refractivity contribution is 7.84. The predicted octanol–water partition coefficient (Wildman–Crippen LogP) is 0.521. The third kappa shape index (κ3) is 7.52.